The number of amides is 3. The first-order valence-corrected chi connectivity index (χ1v) is 10.2. The maximum absolute atomic E-state index is 12.6. The molecule has 0 aromatic heterocycles. The number of carbonyl (C=O) groups is 4. The Morgan fingerprint density at radius 1 is 1.10 bits per heavy atom. The minimum Gasteiger partial charge on any atom is -0.480 e. The number of hydrogen-bond donors (Lipinski definition) is 8. The van der Waals surface area contributed by atoms with E-state index in [0.717, 1.165) is 0 Å². The van der Waals surface area contributed by atoms with Gasteiger partial charge in [-0.15, -0.1) is 0 Å². The summed E-state index contributed by atoms with van der Waals surface area (Å²) in [7, 11) is 0. The van der Waals surface area contributed by atoms with Crippen molar-refractivity contribution in [3.05, 3.63) is 0 Å². The topological polar surface area (TPSA) is 215 Å². The number of nitrogens with two attached hydrogens (primary N) is 3. The van der Waals surface area contributed by atoms with Gasteiger partial charge in [0, 0.05) is 12.3 Å². The highest BCUT2D eigenvalue weighted by Gasteiger charge is 2.30. The lowest BCUT2D eigenvalue weighted by Gasteiger charge is -2.26. The first-order chi connectivity index (χ1) is 14.0. The van der Waals surface area contributed by atoms with E-state index < -0.39 is 48.4 Å². The molecule has 0 radical (unpaired) electrons. The summed E-state index contributed by atoms with van der Waals surface area (Å²) in [5, 5.41) is 16.0. The minimum atomic E-state index is -1.20. The molecule has 0 saturated carbocycles. The third kappa shape index (κ3) is 10.9. The predicted molar refractivity (Wildman–Crippen MR) is 116 cm³/mol. The van der Waals surface area contributed by atoms with Gasteiger partial charge in [0.2, 0.25) is 17.7 Å². The van der Waals surface area contributed by atoms with Gasteiger partial charge in [-0.25, -0.2) is 0 Å². The van der Waals surface area contributed by atoms with Gasteiger partial charge in [0.1, 0.15) is 18.6 Å². The molecule has 4 unspecified atom stereocenters. The standard InChI is InChI=1S/C17H33N7O5S/c1-3-9(2)13(16(29)22-7-12(25)26)24-15(28)11(8-30)23-14(27)10(18)5-4-6-21-17(19)20/h9-11,13,30H,3-8,18H2,1-2H3,(H,22,29)(H,23,27)(H,24,28)(H,25,26)(H4,19,20,21). The van der Waals surface area contributed by atoms with Crippen LogP contribution in [0.25, 0.3) is 0 Å². The molecule has 0 aliphatic rings. The molecular weight excluding hydrogens is 414 g/mol. The number of aliphatic imine (C=N–C) groups is 1. The zero-order valence-electron chi connectivity index (χ0n) is 17.3. The van der Waals surface area contributed by atoms with Gasteiger partial charge in [-0.05, 0) is 18.8 Å². The Labute approximate surface area is 181 Å². The number of nitrogens with one attached hydrogen (secondary N) is 3. The Morgan fingerprint density at radius 2 is 1.73 bits per heavy atom. The monoisotopic (exact) mass is 447 g/mol. The van der Waals surface area contributed by atoms with Gasteiger partial charge in [0.15, 0.2) is 5.96 Å². The highest BCUT2D eigenvalue weighted by atomic mass is 32.1. The Kier molecular flexibility index (Phi) is 13.2. The molecule has 0 fully saturated rings. The normalized spacial score (nSPS) is 14.5. The van der Waals surface area contributed by atoms with E-state index in [-0.39, 0.29) is 17.6 Å². The summed E-state index contributed by atoms with van der Waals surface area (Å²) >= 11 is 4.08. The molecule has 0 aliphatic heterocycles. The van der Waals surface area contributed by atoms with Crippen LogP contribution in [0.3, 0.4) is 0 Å². The number of rotatable bonds is 14. The molecule has 4 atom stereocenters. The molecule has 0 aliphatic carbocycles. The average Bonchev–Trinajstić information content (AvgIpc) is 2.69. The zero-order chi connectivity index (χ0) is 23.3. The zero-order valence-corrected chi connectivity index (χ0v) is 18.2. The van der Waals surface area contributed by atoms with Gasteiger partial charge in [0.25, 0.3) is 0 Å². The van der Waals surface area contributed by atoms with E-state index in [0.29, 0.717) is 25.8 Å². The summed E-state index contributed by atoms with van der Waals surface area (Å²) in [6, 6.07) is -2.86. The van der Waals surface area contributed by atoms with Gasteiger partial charge >= 0.3 is 5.97 Å². The Bertz CT molecular complexity index is 628. The number of hydrogen-bond acceptors (Lipinski definition) is 7. The van der Waals surface area contributed by atoms with Crippen LogP contribution in [-0.2, 0) is 19.2 Å². The number of nitrogens with zero attached hydrogens (tertiary/aromatic N) is 1. The molecule has 3 amide bonds. The van der Waals surface area contributed by atoms with Crippen molar-refractivity contribution in [2.75, 3.05) is 18.8 Å². The Morgan fingerprint density at radius 3 is 2.23 bits per heavy atom. The second-order valence-corrected chi connectivity index (χ2v) is 7.15. The summed E-state index contributed by atoms with van der Waals surface area (Å²) in [6.45, 7) is 3.32. The van der Waals surface area contributed by atoms with Gasteiger partial charge < -0.3 is 38.3 Å². The quantitative estimate of drug-likeness (QED) is 0.0615. The van der Waals surface area contributed by atoms with E-state index in [1.807, 2.05) is 6.92 Å². The highest BCUT2D eigenvalue weighted by molar-refractivity contribution is 7.80. The first-order valence-electron chi connectivity index (χ1n) is 9.55. The van der Waals surface area contributed by atoms with Gasteiger partial charge in [-0.1, -0.05) is 20.3 Å². The lowest BCUT2D eigenvalue weighted by atomic mass is 9.98. The molecule has 172 valence electrons. The molecule has 0 rings (SSSR count). The second kappa shape index (κ2) is 14.4. The van der Waals surface area contributed by atoms with Crippen LogP contribution in [0.15, 0.2) is 4.99 Å². The maximum atomic E-state index is 12.6. The van der Waals surface area contributed by atoms with Crippen molar-refractivity contribution in [2.24, 2.45) is 28.1 Å². The van der Waals surface area contributed by atoms with Crippen LogP contribution < -0.4 is 33.2 Å². The van der Waals surface area contributed by atoms with Crippen LogP contribution in [0.1, 0.15) is 33.1 Å². The van der Waals surface area contributed by atoms with E-state index in [4.69, 9.17) is 22.3 Å². The number of carboxylic acids is 1. The number of carboxylic acid groups (broad SMARTS) is 1. The average molecular weight is 448 g/mol. The van der Waals surface area contributed by atoms with E-state index >= 15 is 0 Å². The third-order valence-electron chi connectivity index (χ3n) is 4.33. The van der Waals surface area contributed by atoms with E-state index in [1.54, 1.807) is 6.92 Å². The molecule has 0 bridgehead atoms. The van der Waals surface area contributed by atoms with Crippen molar-refractivity contribution in [1.82, 2.24) is 16.0 Å². The van der Waals surface area contributed by atoms with Crippen LogP contribution in [0, 0.1) is 5.92 Å². The van der Waals surface area contributed by atoms with Crippen molar-refractivity contribution in [1.29, 1.82) is 0 Å². The predicted octanol–water partition coefficient (Wildman–Crippen LogP) is -2.49. The smallest absolute Gasteiger partial charge is 0.322 e. The summed E-state index contributed by atoms with van der Waals surface area (Å²) in [4.78, 5) is 51.6. The number of carbonyl (C=O) groups excluding carboxylic acids is 3. The van der Waals surface area contributed by atoms with Gasteiger partial charge in [-0.2, -0.15) is 12.6 Å². The van der Waals surface area contributed by atoms with Crippen molar-refractivity contribution in [3.63, 3.8) is 0 Å². The lowest BCUT2D eigenvalue weighted by molar-refractivity contribution is -0.139. The van der Waals surface area contributed by atoms with E-state index in [1.165, 1.54) is 0 Å². The van der Waals surface area contributed by atoms with E-state index in [2.05, 4.69) is 33.6 Å². The number of thiol groups is 1. The second-order valence-electron chi connectivity index (χ2n) is 6.78. The van der Waals surface area contributed by atoms with Crippen molar-refractivity contribution in [2.45, 2.75) is 51.2 Å². The third-order valence-corrected chi connectivity index (χ3v) is 4.69. The van der Waals surface area contributed by atoms with Crippen LogP contribution in [0.2, 0.25) is 0 Å². The molecular formula is C17H33N7O5S. The van der Waals surface area contributed by atoms with Gasteiger partial charge in [-0.3, -0.25) is 24.2 Å². The molecule has 10 N–H and O–H groups in total. The summed E-state index contributed by atoms with van der Waals surface area (Å²) in [5.74, 6) is -3.35. The van der Waals surface area contributed by atoms with E-state index in [9.17, 15) is 19.2 Å². The molecule has 0 saturated heterocycles. The Balaban J connectivity index is 4.90. The number of guanidine groups is 1. The maximum Gasteiger partial charge on any atom is 0.322 e. The molecule has 13 heteroatoms. The molecule has 0 aromatic rings. The minimum absolute atomic E-state index is 0.0255. The molecule has 0 heterocycles. The number of aliphatic carboxylic acids is 1. The largest absolute Gasteiger partial charge is 0.480 e. The fourth-order valence-electron chi connectivity index (χ4n) is 2.35. The molecule has 30 heavy (non-hydrogen) atoms. The van der Waals surface area contributed by atoms with Gasteiger partial charge in [0.05, 0.1) is 6.04 Å². The van der Waals surface area contributed by atoms with Crippen LogP contribution >= 0.6 is 12.6 Å². The van der Waals surface area contributed by atoms with Crippen LogP contribution in [0.5, 0.6) is 0 Å². The Hall–Kier alpha value is -2.54. The molecule has 0 spiro atoms. The summed E-state index contributed by atoms with van der Waals surface area (Å²) < 4.78 is 0. The molecule has 0 aromatic carbocycles. The van der Waals surface area contributed by atoms with Crippen molar-refractivity contribution < 1.29 is 24.3 Å². The van der Waals surface area contributed by atoms with Crippen molar-refractivity contribution in [3.8, 4) is 0 Å². The summed E-state index contributed by atoms with van der Waals surface area (Å²) in [6.07, 6.45) is 1.34. The fraction of sp³-hybridized carbons (Fsp3) is 0.706. The highest BCUT2D eigenvalue weighted by Crippen LogP contribution is 2.09. The van der Waals surface area contributed by atoms with Crippen LogP contribution in [0.4, 0.5) is 0 Å². The summed E-state index contributed by atoms with van der Waals surface area (Å²) in [5.41, 5.74) is 16.3. The first kappa shape index (κ1) is 27.5. The fourth-order valence-corrected chi connectivity index (χ4v) is 2.61. The lowest BCUT2D eigenvalue weighted by Crippen LogP contribution is -2.58. The van der Waals surface area contributed by atoms with Crippen LogP contribution in [-0.4, -0.2) is 71.7 Å². The SMILES string of the molecule is CCC(C)C(NC(=O)C(CS)NC(=O)C(N)CCCN=C(N)N)C(=O)NCC(=O)O. The molecule has 12 nitrogen and oxygen atoms in total. The van der Waals surface area contributed by atoms with Crippen molar-refractivity contribution >= 4 is 42.3 Å².